The Morgan fingerprint density at radius 3 is 2.33 bits per heavy atom. The van der Waals surface area contributed by atoms with E-state index in [1.807, 2.05) is 7.05 Å². The van der Waals surface area contributed by atoms with Crippen LogP contribution < -0.4 is 5.32 Å². The number of nitro benzene ring substituents is 1. The number of guanidine groups is 1. The molecule has 132 valence electrons. The van der Waals surface area contributed by atoms with Gasteiger partial charge in [0.15, 0.2) is 5.96 Å². The quantitative estimate of drug-likeness (QED) is 0.255. The lowest BCUT2D eigenvalue weighted by Crippen LogP contribution is -2.39. The van der Waals surface area contributed by atoms with E-state index in [-0.39, 0.29) is 34.6 Å². The number of likely N-dealkylation sites (tertiary alicyclic amines) is 1. The molecule has 2 atom stereocenters. The zero-order valence-corrected chi connectivity index (χ0v) is 16.3. The summed E-state index contributed by atoms with van der Waals surface area (Å²) in [5, 5.41) is 14.1. The molecule has 1 aliphatic heterocycles. The summed E-state index contributed by atoms with van der Waals surface area (Å²) in [4.78, 5) is 17.1. The topological polar surface area (TPSA) is 70.8 Å². The molecule has 0 aromatic heterocycles. The van der Waals surface area contributed by atoms with E-state index < -0.39 is 0 Å². The van der Waals surface area contributed by atoms with E-state index >= 15 is 0 Å². The lowest BCUT2D eigenvalue weighted by molar-refractivity contribution is -0.384. The normalized spacial score (nSPS) is 23.4. The molecule has 2 fully saturated rings. The number of rotatable bonds is 3. The highest BCUT2D eigenvalue weighted by atomic mass is 127. The van der Waals surface area contributed by atoms with Gasteiger partial charge < -0.3 is 10.2 Å². The summed E-state index contributed by atoms with van der Waals surface area (Å²) in [5.74, 6) is 2.58. The van der Waals surface area contributed by atoms with Gasteiger partial charge in [0.1, 0.15) is 0 Å². The van der Waals surface area contributed by atoms with Crippen molar-refractivity contribution in [1.29, 1.82) is 0 Å². The minimum Gasteiger partial charge on any atom is -0.352 e. The van der Waals surface area contributed by atoms with Crippen molar-refractivity contribution in [3.05, 3.63) is 39.9 Å². The molecular formula is C17H25IN4O2. The number of non-ortho nitro benzene ring substituents is 1. The van der Waals surface area contributed by atoms with Crippen molar-refractivity contribution in [2.24, 2.45) is 16.8 Å². The maximum Gasteiger partial charge on any atom is 0.269 e. The summed E-state index contributed by atoms with van der Waals surface area (Å²) < 4.78 is 0. The first-order valence-electron chi connectivity index (χ1n) is 8.36. The van der Waals surface area contributed by atoms with E-state index in [9.17, 15) is 10.1 Å². The first-order valence-corrected chi connectivity index (χ1v) is 8.36. The van der Waals surface area contributed by atoms with Crippen molar-refractivity contribution in [2.75, 3.05) is 20.1 Å². The van der Waals surface area contributed by atoms with Gasteiger partial charge in [-0.05, 0) is 30.2 Å². The lowest BCUT2D eigenvalue weighted by atomic mass is 9.82. The van der Waals surface area contributed by atoms with Gasteiger partial charge in [-0.2, -0.15) is 0 Å². The van der Waals surface area contributed by atoms with Gasteiger partial charge in [-0.3, -0.25) is 15.1 Å². The fraction of sp³-hybridized carbons (Fsp3) is 0.588. The molecule has 3 rings (SSSR count). The minimum absolute atomic E-state index is 0. The van der Waals surface area contributed by atoms with Crippen molar-refractivity contribution < 1.29 is 4.92 Å². The van der Waals surface area contributed by atoms with Crippen molar-refractivity contribution in [3.8, 4) is 0 Å². The smallest absolute Gasteiger partial charge is 0.269 e. The Labute approximate surface area is 159 Å². The van der Waals surface area contributed by atoms with Gasteiger partial charge in [0, 0.05) is 38.8 Å². The molecule has 2 unspecified atom stereocenters. The van der Waals surface area contributed by atoms with Crippen LogP contribution in [0.5, 0.6) is 0 Å². The summed E-state index contributed by atoms with van der Waals surface area (Å²) in [7, 11) is 1.82. The largest absolute Gasteiger partial charge is 0.352 e. The SMILES string of the molecule is CN=C(NCc1ccc([N+](=O)[O-])cc1)N1CC2CCCCC2C1.I. The second-order valence-corrected chi connectivity index (χ2v) is 6.53. The lowest BCUT2D eigenvalue weighted by Gasteiger charge is -2.22. The fourth-order valence-electron chi connectivity index (χ4n) is 3.83. The molecule has 0 amide bonds. The summed E-state index contributed by atoms with van der Waals surface area (Å²) in [6, 6.07) is 6.68. The van der Waals surface area contributed by atoms with E-state index in [0.29, 0.717) is 6.54 Å². The number of nitrogens with one attached hydrogen (secondary N) is 1. The molecule has 1 aliphatic carbocycles. The number of aliphatic imine (C=N–C) groups is 1. The summed E-state index contributed by atoms with van der Waals surface area (Å²) in [6.07, 6.45) is 5.43. The zero-order chi connectivity index (χ0) is 16.2. The first-order chi connectivity index (χ1) is 11.2. The molecule has 0 spiro atoms. The van der Waals surface area contributed by atoms with E-state index in [4.69, 9.17) is 0 Å². The molecule has 0 bridgehead atoms. The molecule has 1 N–H and O–H groups in total. The first kappa shape index (κ1) is 19.0. The molecule has 1 aromatic rings. The second-order valence-electron chi connectivity index (χ2n) is 6.53. The number of benzene rings is 1. The Bertz CT molecular complexity index is 577. The predicted molar refractivity (Wildman–Crippen MR) is 106 cm³/mol. The van der Waals surface area contributed by atoms with Crippen LogP contribution in [0.1, 0.15) is 31.2 Å². The van der Waals surface area contributed by atoms with Crippen molar-refractivity contribution in [1.82, 2.24) is 10.2 Å². The maximum absolute atomic E-state index is 10.7. The van der Waals surface area contributed by atoms with Crippen molar-refractivity contribution in [3.63, 3.8) is 0 Å². The van der Waals surface area contributed by atoms with Crippen LogP contribution in [0.15, 0.2) is 29.3 Å². The van der Waals surface area contributed by atoms with Crippen LogP contribution in [-0.2, 0) is 6.54 Å². The molecule has 1 heterocycles. The summed E-state index contributed by atoms with van der Waals surface area (Å²) >= 11 is 0. The zero-order valence-electron chi connectivity index (χ0n) is 14.0. The number of hydrogen-bond donors (Lipinski definition) is 1. The van der Waals surface area contributed by atoms with Crippen LogP contribution >= 0.6 is 24.0 Å². The third kappa shape index (κ3) is 4.37. The highest BCUT2D eigenvalue weighted by molar-refractivity contribution is 14.0. The van der Waals surface area contributed by atoms with Crippen molar-refractivity contribution >= 4 is 35.6 Å². The van der Waals surface area contributed by atoms with Crippen molar-refractivity contribution in [2.45, 2.75) is 32.2 Å². The van der Waals surface area contributed by atoms with Gasteiger partial charge in [-0.25, -0.2) is 0 Å². The van der Waals surface area contributed by atoms with Crippen LogP contribution in [0.3, 0.4) is 0 Å². The molecule has 24 heavy (non-hydrogen) atoms. The number of nitrogens with zero attached hydrogens (tertiary/aromatic N) is 3. The van der Waals surface area contributed by atoms with E-state index in [1.54, 1.807) is 24.3 Å². The number of halogens is 1. The average Bonchev–Trinajstić information content (AvgIpc) is 2.99. The van der Waals surface area contributed by atoms with Gasteiger partial charge >= 0.3 is 0 Å². The second kappa shape index (κ2) is 8.64. The standard InChI is InChI=1S/C17H24N4O2.HI/c1-18-17(20-11-14-4-2-3-5-15(14)12-20)19-10-13-6-8-16(9-7-13)21(22)23;/h6-9,14-15H,2-5,10-12H2,1H3,(H,18,19);1H. The maximum atomic E-state index is 10.7. The Morgan fingerprint density at radius 2 is 1.83 bits per heavy atom. The highest BCUT2D eigenvalue weighted by Crippen LogP contribution is 2.35. The number of nitro groups is 1. The summed E-state index contributed by atoms with van der Waals surface area (Å²) in [5.41, 5.74) is 1.15. The molecule has 2 aliphatic rings. The Hall–Kier alpha value is -1.38. The Kier molecular flexibility index (Phi) is 6.82. The van der Waals surface area contributed by atoms with E-state index in [1.165, 1.54) is 25.7 Å². The average molecular weight is 444 g/mol. The molecule has 0 radical (unpaired) electrons. The predicted octanol–water partition coefficient (Wildman–Crippen LogP) is 3.41. The molecule has 1 aromatic carbocycles. The van der Waals surface area contributed by atoms with E-state index in [2.05, 4.69) is 15.2 Å². The van der Waals surface area contributed by atoms with Gasteiger partial charge in [-0.15, -0.1) is 24.0 Å². The number of hydrogen-bond acceptors (Lipinski definition) is 3. The fourth-order valence-corrected chi connectivity index (χ4v) is 3.83. The Morgan fingerprint density at radius 1 is 1.25 bits per heavy atom. The van der Waals surface area contributed by atoms with E-state index in [0.717, 1.165) is 36.4 Å². The van der Waals surface area contributed by atoms with Crippen LogP contribution in [0.2, 0.25) is 0 Å². The van der Waals surface area contributed by atoms with Gasteiger partial charge in [0.05, 0.1) is 4.92 Å². The van der Waals surface area contributed by atoms with Crippen LogP contribution in [-0.4, -0.2) is 35.9 Å². The van der Waals surface area contributed by atoms with Crippen LogP contribution in [0.4, 0.5) is 5.69 Å². The minimum atomic E-state index is -0.373. The van der Waals surface area contributed by atoms with Gasteiger partial charge in [-0.1, -0.05) is 25.0 Å². The molecular weight excluding hydrogens is 419 g/mol. The van der Waals surface area contributed by atoms with Crippen LogP contribution in [0, 0.1) is 22.0 Å². The molecule has 1 saturated carbocycles. The highest BCUT2D eigenvalue weighted by Gasteiger charge is 2.35. The number of fused-ring (bicyclic) bond motifs is 1. The van der Waals surface area contributed by atoms with Gasteiger partial charge in [0.25, 0.3) is 5.69 Å². The summed E-state index contributed by atoms with van der Waals surface area (Å²) in [6.45, 7) is 2.84. The molecule has 7 heteroatoms. The third-order valence-corrected chi connectivity index (χ3v) is 5.09. The molecule has 6 nitrogen and oxygen atoms in total. The molecule has 1 saturated heterocycles. The van der Waals surface area contributed by atoms with Gasteiger partial charge in [0.2, 0.25) is 0 Å². The van der Waals surface area contributed by atoms with Crippen LogP contribution in [0.25, 0.3) is 0 Å². The Balaban J connectivity index is 0.00000208. The monoisotopic (exact) mass is 444 g/mol. The third-order valence-electron chi connectivity index (χ3n) is 5.09.